The SMILES string of the molecule is O=C(O)N(c1ccccc1)c1ncncn1. The van der Waals surface area contributed by atoms with E-state index in [1.54, 1.807) is 30.3 Å². The van der Waals surface area contributed by atoms with E-state index in [2.05, 4.69) is 15.0 Å². The number of para-hydroxylation sites is 1. The fourth-order valence-electron chi connectivity index (χ4n) is 1.24. The fraction of sp³-hybridized carbons (Fsp3) is 0. The molecule has 1 aromatic carbocycles. The lowest BCUT2D eigenvalue weighted by Crippen LogP contribution is -2.25. The summed E-state index contributed by atoms with van der Waals surface area (Å²) in [5.74, 6) is 0.0775. The molecule has 0 atom stereocenters. The van der Waals surface area contributed by atoms with E-state index in [0.717, 1.165) is 4.90 Å². The first kappa shape index (κ1) is 10.0. The summed E-state index contributed by atoms with van der Waals surface area (Å²) in [4.78, 5) is 23.4. The van der Waals surface area contributed by atoms with Crippen LogP contribution in [0.3, 0.4) is 0 Å². The fourth-order valence-corrected chi connectivity index (χ4v) is 1.24. The summed E-state index contributed by atoms with van der Waals surface area (Å²) in [5.41, 5.74) is 0.487. The minimum atomic E-state index is -1.14. The number of carbonyl (C=O) groups is 1. The van der Waals surface area contributed by atoms with Gasteiger partial charge in [0, 0.05) is 0 Å². The third-order valence-electron chi connectivity index (χ3n) is 1.89. The largest absolute Gasteiger partial charge is 0.464 e. The highest BCUT2D eigenvalue weighted by Gasteiger charge is 2.18. The predicted octanol–water partition coefficient (Wildman–Crippen LogP) is 1.69. The summed E-state index contributed by atoms with van der Waals surface area (Å²) >= 11 is 0. The summed E-state index contributed by atoms with van der Waals surface area (Å²) in [6, 6.07) is 8.62. The predicted molar refractivity (Wildman–Crippen MR) is 56.4 cm³/mol. The number of rotatable bonds is 2. The Morgan fingerprint density at radius 1 is 1.12 bits per heavy atom. The van der Waals surface area contributed by atoms with Crippen molar-refractivity contribution in [1.29, 1.82) is 0 Å². The average Bonchev–Trinajstić information content (AvgIpc) is 2.31. The van der Waals surface area contributed by atoms with Gasteiger partial charge in [0.25, 0.3) is 0 Å². The van der Waals surface area contributed by atoms with Crippen molar-refractivity contribution in [2.24, 2.45) is 0 Å². The van der Waals surface area contributed by atoms with Gasteiger partial charge in [0.1, 0.15) is 12.7 Å². The topological polar surface area (TPSA) is 79.2 Å². The smallest absolute Gasteiger partial charge is 0.418 e. The Kier molecular flexibility index (Phi) is 2.73. The first-order valence-electron chi connectivity index (χ1n) is 4.49. The van der Waals surface area contributed by atoms with E-state index in [1.807, 2.05) is 0 Å². The van der Waals surface area contributed by atoms with Gasteiger partial charge in [0.2, 0.25) is 5.95 Å². The van der Waals surface area contributed by atoms with Crippen LogP contribution in [0.25, 0.3) is 0 Å². The molecule has 0 spiro atoms. The second-order valence-corrected chi connectivity index (χ2v) is 2.89. The minimum Gasteiger partial charge on any atom is -0.464 e. The number of amides is 1. The Hall–Kier alpha value is -2.50. The van der Waals surface area contributed by atoms with E-state index >= 15 is 0 Å². The molecule has 1 N–H and O–H groups in total. The summed E-state index contributed by atoms with van der Waals surface area (Å²) < 4.78 is 0. The first-order chi connectivity index (χ1) is 7.79. The molecule has 16 heavy (non-hydrogen) atoms. The van der Waals surface area contributed by atoms with Crippen LogP contribution in [0, 0.1) is 0 Å². The number of hydrogen-bond acceptors (Lipinski definition) is 4. The van der Waals surface area contributed by atoms with Gasteiger partial charge in [-0.2, -0.15) is 0 Å². The van der Waals surface area contributed by atoms with Crippen molar-refractivity contribution in [2.75, 3.05) is 4.90 Å². The summed E-state index contributed by atoms with van der Waals surface area (Å²) in [5, 5.41) is 9.11. The number of anilines is 2. The van der Waals surface area contributed by atoms with E-state index in [-0.39, 0.29) is 5.95 Å². The molecule has 1 aromatic heterocycles. The van der Waals surface area contributed by atoms with E-state index < -0.39 is 6.09 Å². The molecular formula is C10H8N4O2. The Morgan fingerprint density at radius 2 is 1.75 bits per heavy atom. The number of hydrogen-bond donors (Lipinski definition) is 1. The molecule has 6 heteroatoms. The molecule has 0 saturated carbocycles. The van der Waals surface area contributed by atoms with Crippen LogP contribution >= 0.6 is 0 Å². The molecule has 0 fully saturated rings. The van der Waals surface area contributed by atoms with Crippen LogP contribution in [-0.2, 0) is 0 Å². The Labute approximate surface area is 91.2 Å². The van der Waals surface area contributed by atoms with Gasteiger partial charge in [0.15, 0.2) is 0 Å². The number of aromatic nitrogens is 3. The number of benzene rings is 1. The summed E-state index contributed by atoms with van der Waals surface area (Å²) in [7, 11) is 0. The molecule has 2 aromatic rings. The monoisotopic (exact) mass is 216 g/mol. The zero-order chi connectivity index (χ0) is 11.4. The third-order valence-corrected chi connectivity index (χ3v) is 1.89. The van der Waals surface area contributed by atoms with Gasteiger partial charge in [-0.05, 0) is 12.1 Å². The van der Waals surface area contributed by atoms with E-state index in [9.17, 15) is 4.79 Å². The quantitative estimate of drug-likeness (QED) is 0.826. The molecule has 0 radical (unpaired) electrons. The molecule has 0 aliphatic rings. The van der Waals surface area contributed by atoms with Gasteiger partial charge in [0.05, 0.1) is 5.69 Å². The van der Waals surface area contributed by atoms with Crippen LogP contribution in [0.15, 0.2) is 43.0 Å². The van der Waals surface area contributed by atoms with E-state index in [4.69, 9.17) is 5.11 Å². The number of carboxylic acid groups (broad SMARTS) is 1. The lowest BCUT2D eigenvalue weighted by molar-refractivity contribution is 0.204. The van der Waals surface area contributed by atoms with Gasteiger partial charge in [-0.25, -0.2) is 24.6 Å². The molecule has 6 nitrogen and oxygen atoms in total. The molecular weight excluding hydrogens is 208 g/mol. The van der Waals surface area contributed by atoms with Gasteiger partial charge in [-0.3, -0.25) is 0 Å². The van der Waals surface area contributed by atoms with Gasteiger partial charge in [-0.1, -0.05) is 18.2 Å². The van der Waals surface area contributed by atoms with Crippen molar-refractivity contribution in [1.82, 2.24) is 15.0 Å². The van der Waals surface area contributed by atoms with Gasteiger partial charge < -0.3 is 5.11 Å². The highest BCUT2D eigenvalue weighted by atomic mass is 16.4. The average molecular weight is 216 g/mol. The highest BCUT2D eigenvalue weighted by molar-refractivity contribution is 5.92. The lowest BCUT2D eigenvalue weighted by atomic mass is 10.3. The van der Waals surface area contributed by atoms with Gasteiger partial charge >= 0.3 is 6.09 Å². The van der Waals surface area contributed by atoms with Crippen LogP contribution in [0.2, 0.25) is 0 Å². The molecule has 1 heterocycles. The molecule has 2 rings (SSSR count). The minimum absolute atomic E-state index is 0.0775. The number of nitrogens with zero attached hydrogens (tertiary/aromatic N) is 4. The maximum absolute atomic E-state index is 11.1. The van der Waals surface area contributed by atoms with Crippen molar-refractivity contribution in [3.63, 3.8) is 0 Å². The molecule has 80 valence electrons. The van der Waals surface area contributed by atoms with Crippen molar-refractivity contribution >= 4 is 17.7 Å². The van der Waals surface area contributed by atoms with Crippen LogP contribution in [-0.4, -0.2) is 26.2 Å². The second kappa shape index (κ2) is 4.35. The molecule has 0 unspecified atom stereocenters. The maximum Gasteiger partial charge on any atom is 0.418 e. The van der Waals surface area contributed by atoms with Crippen LogP contribution < -0.4 is 4.90 Å². The zero-order valence-corrected chi connectivity index (χ0v) is 8.19. The molecule has 0 saturated heterocycles. The Morgan fingerprint density at radius 3 is 2.31 bits per heavy atom. The standard InChI is InChI=1S/C10H8N4O2/c15-10(16)14(8-4-2-1-3-5-8)9-12-6-11-7-13-9/h1-7H,(H,15,16). The Bertz CT molecular complexity index is 435. The third kappa shape index (κ3) is 1.95. The molecule has 0 aliphatic heterocycles. The normalized spacial score (nSPS) is 9.75. The first-order valence-corrected chi connectivity index (χ1v) is 4.49. The highest BCUT2D eigenvalue weighted by Crippen LogP contribution is 2.20. The molecule has 1 amide bonds. The van der Waals surface area contributed by atoms with Crippen molar-refractivity contribution in [2.45, 2.75) is 0 Å². The maximum atomic E-state index is 11.1. The van der Waals surface area contributed by atoms with Crippen molar-refractivity contribution in [3.8, 4) is 0 Å². The Balaban J connectivity index is 2.44. The summed E-state index contributed by atoms with van der Waals surface area (Å²) in [6.45, 7) is 0. The van der Waals surface area contributed by atoms with Gasteiger partial charge in [-0.15, -0.1) is 0 Å². The van der Waals surface area contributed by atoms with Crippen molar-refractivity contribution < 1.29 is 9.90 Å². The summed E-state index contributed by atoms with van der Waals surface area (Å²) in [6.07, 6.45) is 1.36. The lowest BCUT2D eigenvalue weighted by Gasteiger charge is -2.15. The van der Waals surface area contributed by atoms with Crippen LogP contribution in [0.5, 0.6) is 0 Å². The van der Waals surface area contributed by atoms with Crippen LogP contribution in [0.1, 0.15) is 0 Å². The van der Waals surface area contributed by atoms with Crippen LogP contribution in [0.4, 0.5) is 16.4 Å². The zero-order valence-electron chi connectivity index (χ0n) is 8.19. The van der Waals surface area contributed by atoms with E-state index in [1.165, 1.54) is 12.7 Å². The molecule has 0 bridgehead atoms. The second-order valence-electron chi connectivity index (χ2n) is 2.89. The van der Waals surface area contributed by atoms with Crippen molar-refractivity contribution in [3.05, 3.63) is 43.0 Å². The van der Waals surface area contributed by atoms with E-state index in [0.29, 0.717) is 5.69 Å². The molecule has 0 aliphatic carbocycles.